The molecular weight excluding hydrogens is 516 g/mol. The van der Waals surface area contributed by atoms with Crippen molar-refractivity contribution in [3.63, 3.8) is 0 Å². The highest BCUT2D eigenvalue weighted by atomic mass is 14.4. The van der Waals surface area contributed by atoms with E-state index < -0.39 is 0 Å². The van der Waals surface area contributed by atoms with Crippen LogP contribution in [0.2, 0.25) is 0 Å². The first-order chi connectivity index (χ1) is 21.1. The summed E-state index contributed by atoms with van der Waals surface area (Å²) < 4.78 is 0. The van der Waals surface area contributed by atoms with E-state index in [-0.39, 0.29) is 5.41 Å². The van der Waals surface area contributed by atoms with E-state index in [1.807, 2.05) is 0 Å². The third-order valence-electron chi connectivity index (χ3n) is 9.84. The number of rotatable bonds is 2. The minimum absolute atomic E-state index is 0.00217. The van der Waals surface area contributed by atoms with Gasteiger partial charge in [0.2, 0.25) is 0 Å². The van der Waals surface area contributed by atoms with Gasteiger partial charge in [0.05, 0.1) is 0 Å². The van der Waals surface area contributed by atoms with E-state index in [1.54, 1.807) is 0 Å². The van der Waals surface area contributed by atoms with Crippen LogP contribution in [0, 0.1) is 0 Å². The Hall–Kier alpha value is -5.20. The molecule has 8 aromatic carbocycles. The third kappa shape index (κ3) is 3.44. The van der Waals surface area contributed by atoms with Gasteiger partial charge in [-0.25, -0.2) is 0 Å². The van der Waals surface area contributed by atoms with Crippen molar-refractivity contribution in [1.29, 1.82) is 0 Å². The maximum absolute atomic E-state index is 2.44. The molecule has 0 nitrogen and oxygen atoms in total. The van der Waals surface area contributed by atoms with Crippen molar-refractivity contribution >= 4 is 43.1 Å². The Labute approximate surface area is 251 Å². The molecule has 0 heterocycles. The molecule has 1 aliphatic rings. The zero-order valence-corrected chi connectivity index (χ0v) is 24.4. The first kappa shape index (κ1) is 24.4. The summed E-state index contributed by atoms with van der Waals surface area (Å²) in [5.74, 6) is 0. The molecule has 0 bridgehead atoms. The third-order valence-corrected chi connectivity index (χ3v) is 9.84. The van der Waals surface area contributed by atoms with Crippen LogP contribution >= 0.6 is 0 Å². The smallest absolute Gasteiger partial charge is 0.0158 e. The second kappa shape index (κ2) is 8.90. The lowest BCUT2D eigenvalue weighted by molar-refractivity contribution is 0.660. The van der Waals surface area contributed by atoms with Crippen molar-refractivity contribution in [2.45, 2.75) is 19.3 Å². The van der Waals surface area contributed by atoms with Crippen LogP contribution in [0.15, 0.2) is 146 Å². The molecule has 0 unspecified atom stereocenters. The Morgan fingerprint density at radius 1 is 0.349 bits per heavy atom. The highest BCUT2D eigenvalue weighted by Crippen LogP contribution is 2.50. The predicted octanol–water partition coefficient (Wildman–Crippen LogP) is 11.9. The molecule has 0 atom stereocenters. The van der Waals surface area contributed by atoms with Crippen LogP contribution in [0.5, 0.6) is 0 Å². The van der Waals surface area contributed by atoms with E-state index in [1.165, 1.54) is 87.6 Å². The monoisotopic (exact) mass is 546 g/mol. The van der Waals surface area contributed by atoms with Gasteiger partial charge in [-0.1, -0.05) is 141 Å². The van der Waals surface area contributed by atoms with Crippen LogP contribution in [-0.4, -0.2) is 0 Å². The second-order valence-electron chi connectivity index (χ2n) is 12.5. The Kier molecular flexibility index (Phi) is 5.05. The Morgan fingerprint density at radius 2 is 0.907 bits per heavy atom. The van der Waals surface area contributed by atoms with E-state index in [0.717, 1.165) is 0 Å². The molecule has 1 aliphatic carbocycles. The topological polar surface area (TPSA) is 0 Å². The molecule has 0 aromatic heterocycles. The number of fused-ring (bicyclic) bond motifs is 9. The van der Waals surface area contributed by atoms with Gasteiger partial charge in [-0.2, -0.15) is 0 Å². The van der Waals surface area contributed by atoms with Crippen LogP contribution < -0.4 is 0 Å². The first-order valence-electron chi connectivity index (χ1n) is 15.2. The molecule has 0 amide bonds. The van der Waals surface area contributed by atoms with E-state index in [9.17, 15) is 0 Å². The van der Waals surface area contributed by atoms with Crippen molar-refractivity contribution in [3.8, 4) is 33.4 Å². The summed E-state index contributed by atoms with van der Waals surface area (Å²) in [6.45, 7) is 4.70. The Morgan fingerprint density at radius 3 is 1.70 bits per heavy atom. The standard InChI is InChI=1S/C43H30/c1-43(2)40-21-10-9-17-34(40)39-24-28(22-23-41(39)43)37-25-29-26-38(31-20-11-13-27-12-3-4-14-30(27)31)33-16-6-8-19-36(33)42(29)35-18-7-5-15-32(35)37/h3-26H,1-2H3. The summed E-state index contributed by atoms with van der Waals surface area (Å²) >= 11 is 0. The van der Waals surface area contributed by atoms with Crippen molar-refractivity contribution < 1.29 is 0 Å². The predicted molar refractivity (Wildman–Crippen MR) is 185 cm³/mol. The van der Waals surface area contributed by atoms with E-state index in [2.05, 4.69) is 159 Å². The first-order valence-corrected chi connectivity index (χ1v) is 15.2. The lowest BCUT2D eigenvalue weighted by atomic mass is 9.82. The maximum Gasteiger partial charge on any atom is 0.0158 e. The average Bonchev–Trinajstić information content (AvgIpc) is 3.29. The summed E-state index contributed by atoms with van der Waals surface area (Å²) in [5, 5.41) is 10.3. The lowest BCUT2D eigenvalue weighted by Crippen LogP contribution is -2.14. The van der Waals surface area contributed by atoms with E-state index in [4.69, 9.17) is 0 Å². The minimum Gasteiger partial charge on any atom is -0.0619 e. The van der Waals surface area contributed by atoms with Crippen LogP contribution in [0.4, 0.5) is 0 Å². The normalized spacial score (nSPS) is 13.5. The molecule has 0 saturated carbocycles. The molecule has 202 valence electrons. The molecule has 0 radical (unpaired) electrons. The van der Waals surface area contributed by atoms with Crippen molar-refractivity contribution in [2.75, 3.05) is 0 Å². The van der Waals surface area contributed by atoms with Crippen molar-refractivity contribution in [3.05, 3.63) is 157 Å². The molecular formula is C43H30. The highest BCUT2D eigenvalue weighted by Gasteiger charge is 2.35. The van der Waals surface area contributed by atoms with Crippen LogP contribution in [0.3, 0.4) is 0 Å². The van der Waals surface area contributed by atoms with Gasteiger partial charge in [0, 0.05) is 5.41 Å². The summed E-state index contributed by atoms with van der Waals surface area (Å²) in [6, 6.07) is 54.2. The fourth-order valence-corrected chi connectivity index (χ4v) is 7.79. The van der Waals surface area contributed by atoms with Gasteiger partial charge in [-0.15, -0.1) is 0 Å². The lowest BCUT2D eigenvalue weighted by Gasteiger charge is -2.21. The number of hydrogen-bond acceptors (Lipinski definition) is 0. The Bertz CT molecular complexity index is 2420. The van der Waals surface area contributed by atoms with Gasteiger partial charge in [0.25, 0.3) is 0 Å². The van der Waals surface area contributed by atoms with Gasteiger partial charge >= 0.3 is 0 Å². The average molecular weight is 547 g/mol. The fourth-order valence-electron chi connectivity index (χ4n) is 7.79. The van der Waals surface area contributed by atoms with Gasteiger partial charge in [-0.3, -0.25) is 0 Å². The van der Waals surface area contributed by atoms with Gasteiger partial charge in [-0.05, 0) is 106 Å². The SMILES string of the molecule is CC1(C)c2ccccc2-c2cc(-c3cc4cc(-c5cccc6ccccc56)c5ccccc5c4c4ccccc34)ccc21. The van der Waals surface area contributed by atoms with E-state index >= 15 is 0 Å². The van der Waals surface area contributed by atoms with Crippen LogP contribution in [0.25, 0.3) is 76.5 Å². The van der Waals surface area contributed by atoms with Crippen LogP contribution in [-0.2, 0) is 5.41 Å². The van der Waals surface area contributed by atoms with Crippen molar-refractivity contribution in [2.24, 2.45) is 0 Å². The van der Waals surface area contributed by atoms with Crippen LogP contribution in [0.1, 0.15) is 25.0 Å². The minimum atomic E-state index is 0.00217. The zero-order chi connectivity index (χ0) is 28.7. The largest absolute Gasteiger partial charge is 0.0619 e. The summed E-state index contributed by atoms with van der Waals surface area (Å²) in [6.07, 6.45) is 0. The summed E-state index contributed by atoms with van der Waals surface area (Å²) in [7, 11) is 0. The summed E-state index contributed by atoms with van der Waals surface area (Å²) in [4.78, 5) is 0. The highest BCUT2D eigenvalue weighted by molar-refractivity contribution is 6.26. The molecule has 43 heavy (non-hydrogen) atoms. The van der Waals surface area contributed by atoms with Gasteiger partial charge < -0.3 is 0 Å². The quantitative estimate of drug-likeness (QED) is 0.189. The molecule has 0 saturated heterocycles. The van der Waals surface area contributed by atoms with Crippen molar-refractivity contribution in [1.82, 2.24) is 0 Å². The zero-order valence-electron chi connectivity index (χ0n) is 24.4. The maximum atomic E-state index is 2.44. The molecule has 0 heteroatoms. The molecule has 0 N–H and O–H groups in total. The second-order valence-corrected chi connectivity index (χ2v) is 12.5. The molecule has 8 aromatic rings. The van der Waals surface area contributed by atoms with Gasteiger partial charge in [0.15, 0.2) is 0 Å². The molecule has 0 aliphatic heterocycles. The molecule has 0 spiro atoms. The molecule has 9 rings (SSSR count). The van der Waals surface area contributed by atoms with E-state index in [0.29, 0.717) is 0 Å². The summed E-state index contributed by atoms with van der Waals surface area (Å²) in [5.41, 5.74) is 10.7. The fraction of sp³-hybridized carbons (Fsp3) is 0.0698. The number of hydrogen-bond donors (Lipinski definition) is 0. The Balaban J connectivity index is 1.37. The number of benzene rings is 8. The van der Waals surface area contributed by atoms with Gasteiger partial charge in [0.1, 0.15) is 0 Å². The molecule has 0 fully saturated rings.